The predicted octanol–water partition coefficient (Wildman–Crippen LogP) is 2.68. The van der Waals surface area contributed by atoms with E-state index >= 15 is 0 Å². The van der Waals surface area contributed by atoms with Gasteiger partial charge in [0.25, 0.3) is 5.91 Å². The van der Waals surface area contributed by atoms with Gasteiger partial charge in [-0.1, -0.05) is 6.07 Å². The summed E-state index contributed by atoms with van der Waals surface area (Å²) in [7, 11) is 0. The Hall–Kier alpha value is -3.07. The summed E-state index contributed by atoms with van der Waals surface area (Å²) in [5.41, 5.74) is 1.00. The van der Waals surface area contributed by atoms with Crippen LogP contribution in [0, 0.1) is 0 Å². The highest BCUT2D eigenvalue weighted by atomic mass is 32.1. The van der Waals surface area contributed by atoms with Crippen LogP contribution < -0.4 is 5.32 Å². The molecular formula is C17H15N5O3S. The number of anilines is 1. The highest BCUT2D eigenvalue weighted by molar-refractivity contribution is 7.12. The zero-order chi connectivity index (χ0) is 17.9. The lowest BCUT2D eigenvalue weighted by Gasteiger charge is -2.07. The molecule has 8 nitrogen and oxygen atoms in total. The molecule has 1 fully saturated rings. The molecule has 4 rings (SSSR count). The fraction of sp³-hybridized carbons (Fsp3) is 0.235. The van der Waals surface area contributed by atoms with Crippen molar-refractivity contribution in [2.45, 2.75) is 25.5 Å². The third-order valence-corrected chi connectivity index (χ3v) is 4.78. The van der Waals surface area contributed by atoms with Crippen LogP contribution in [0.3, 0.4) is 0 Å². The van der Waals surface area contributed by atoms with E-state index in [2.05, 4.69) is 20.8 Å². The second-order valence-electron chi connectivity index (χ2n) is 5.86. The summed E-state index contributed by atoms with van der Waals surface area (Å²) < 4.78 is 6.99. The quantitative estimate of drug-likeness (QED) is 0.671. The van der Waals surface area contributed by atoms with Gasteiger partial charge >= 0.3 is 5.97 Å². The van der Waals surface area contributed by atoms with Crippen molar-refractivity contribution < 1.29 is 14.3 Å². The first-order valence-corrected chi connectivity index (χ1v) is 8.97. The smallest absolute Gasteiger partial charge is 0.338 e. The van der Waals surface area contributed by atoms with Crippen molar-refractivity contribution in [1.29, 1.82) is 0 Å². The first-order chi connectivity index (χ1) is 12.7. The second kappa shape index (κ2) is 7.04. The molecular weight excluding hydrogens is 354 g/mol. The van der Waals surface area contributed by atoms with Crippen molar-refractivity contribution in [2.24, 2.45) is 0 Å². The summed E-state index contributed by atoms with van der Waals surface area (Å²) in [5, 5.41) is 16.1. The number of rotatable bonds is 6. The number of nitrogens with one attached hydrogen (secondary N) is 1. The molecule has 26 heavy (non-hydrogen) atoms. The van der Waals surface area contributed by atoms with Crippen LogP contribution in [0.25, 0.3) is 0 Å². The normalized spacial score (nSPS) is 13.4. The van der Waals surface area contributed by atoms with Gasteiger partial charge in [-0.15, -0.1) is 16.4 Å². The van der Waals surface area contributed by atoms with Crippen LogP contribution in [0.4, 0.5) is 5.69 Å². The molecule has 1 aliphatic carbocycles. The molecule has 1 aliphatic rings. The minimum absolute atomic E-state index is 0.0270. The van der Waals surface area contributed by atoms with Gasteiger partial charge in [-0.05, 0) is 59.0 Å². The molecule has 9 heteroatoms. The fourth-order valence-electron chi connectivity index (χ4n) is 2.41. The Balaban J connectivity index is 1.34. The van der Waals surface area contributed by atoms with E-state index in [0.717, 1.165) is 12.8 Å². The Morgan fingerprint density at radius 3 is 2.73 bits per heavy atom. The number of hydrogen-bond acceptors (Lipinski definition) is 7. The van der Waals surface area contributed by atoms with Crippen molar-refractivity contribution in [3.8, 4) is 0 Å². The number of ether oxygens (including phenoxy) is 1. The summed E-state index contributed by atoms with van der Waals surface area (Å²) in [6.07, 6.45) is 2.09. The summed E-state index contributed by atoms with van der Waals surface area (Å²) in [5.74, 6) is -0.102. The van der Waals surface area contributed by atoms with Crippen LogP contribution >= 0.6 is 11.3 Å². The topological polar surface area (TPSA) is 99.0 Å². The van der Waals surface area contributed by atoms with E-state index < -0.39 is 5.97 Å². The SMILES string of the molecule is O=C(OCc1nnnn1C1CC1)c1ccc(NC(=O)c2cccs2)cc1. The summed E-state index contributed by atoms with van der Waals surface area (Å²) >= 11 is 1.37. The van der Waals surface area contributed by atoms with Crippen LogP contribution in [0.1, 0.15) is 44.7 Å². The first-order valence-electron chi connectivity index (χ1n) is 8.09. The molecule has 1 aromatic carbocycles. The molecule has 0 atom stereocenters. The Labute approximate surface area is 152 Å². The van der Waals surface area contributed by atoms with E-state index in [-0.39, 0.29) is 12.5 Å². The molecule has 0 aliphatic heterocycles. The standard InChI is InChI=1S/C17H15N5O3S/c23-16(14-2-1-9-26-14)18-12-5-3-11(4-6-12)17(24)25-10-15-19-20-21-22(15)13-7-8-13/h1-6,9,13H,7-8,10H2,(H,18,23). The minimum atomic E-state index is -0.466. The Morgan fingerprint density at radius 2 is 2.04 bits per heavy atom. The highest BCUT2D eigenvalue weighted by Crippen LogP contribution is 2.34. The van der Waals surface area contributed by atoms with E-state index in [4.69, 9.17) is 4.74 Å². The van der Waals surface area contributed by atoms with Gasteiger partial charge in [-0.3, -0.25) is 4.79 Å². The molecule has 1 saturated carbocycles. The average Bonchev–Trinajstić information content (AvgIpc) is 3.16. The van der Waals surface area contributed by atoms with Gasteiger partial charge in [0.1, 0.15) is 0 Å². The summed E-state index contributed by atoms with van der Waals surface area (Å²) in [4.78, 5) is 24.8. The van der Waals surface area contributed by atoms with Gasteiger partial charge < -0.3 is 10.1 Å². The number of esters is 1. The van der Waals surface area contributed by atoms with E-state index in [1.54, 1.807) is 35.0 Å². The molecule has 2 heterocycles. The summed E-state index contributed by atoms with van der Waals surface area (Å²) in [6, 6.07) is 10.4. The number of benzene rings is 1. The van der Waals surface area contributed by atoms with Gasteiger partial charge in [-0.25, -0.2) is 9.48 Å². The van der Waals surface area contributed by atoms with Crippen molar-refractivity contribution in [2.75, 3.05) is 5.32 Å². The monoisotopic (exact) mass is 369 g/mol. The maximum Gasteiger partial charge on any atom is 0.338 e. The van der Waals surface area contributed by atoms with E-state index in [9.17, 15) is 9.59 Å². The second-order valence-corrected chi connectivity index (χ2v) is 6.80. The molecule has 1 amide bonds. The lowest BCUT2D eigenvalue weighted by Crippen LogP contribution is -2.11. The molecule has 0 saturated heterocycles. The maximum absolute atomic E-state index is 12.2. The van der Waals surface area contributed by atoms with Crippen LogP contribution in [0.15, 0.2) is 41.8 Å². The van der Waals surface area contributed by atoms with Crippen molar-refractivity contribution in [3.05, 3.63) is 58.0 Å². The van der Waals surface area contributed by atoms with Gasteiger partial charge in [0.05, 0.1) is 16.5 Å². The predicted molar refractivity (Wildman–Crippen MR) is 93.9 cm³/mol. The van der Waals surface area contributed by atoms with Crippen molar-refractivity contribution in [3.63, 3.8) is 0 Å². The zero-order valence-corrected chi connectivity index (χ0v) is 14.5. The molecule has 0 unspecified atom stereocenters. The number of thiophene rings is 1. The number of aromatic nitrogens is 4. The molecule has 0 radical (unpaired) electrons. The molecule has 0 spiro atoms. The maximum atomic E-state index is 12.2. The first kappa shape index (κ1) is 16.4. The fourth-order valence-corrected chi connectivity index (χ4v) is 3.03. The van der Waals surface area contributed by atoms with Gasteiger partial charge in [0, 0.05) is 5.69 Å². The number of carbonyl (C=O) groups excluding carboxylic acids is 2. The molecule has 132 valence electrons. The number of amides is 1. The Bertz CT molecular complexity index is 916. The van der Waals surface area contributed by atoms with Crippen LogP contribution in [0.2, 0.25) is 0 Å². The van der Waals surface area contributed by atoms with Crippen molar-refractivity contribution in [1.82, 2.24) is 20.2 Å². The van der Waals surface area contributed by atoms with Gasteiger partial charge in [0.15, 0.2) is 12.4 Å². The van der Waals surface area contributed by atoms with Crippen molar-refractivity contribution >= 4 is 28.9 Å². The van der Waals surface area contributed by atoms with E-state index in [1.807, 2.05) is 11.4 Å². The lowest BCUT2D eigenvalue weighted by molar-refractivity contribution is 0.0456. The van der Waals surface area contributed by atoms with Crippen LogP contribution in [-0.2, 0) is 11.3 Å². The Kier molecular flexibility index (Phi) is 4.44. The zero-order valence-electron chi connectivity index (χ0n) is 13.7. The number of hydrogen-bond donors (Lipinski definition) is 1. The third-order valence-electron chi connectivity index (χ3n) is 3.91. The molecule has 1 N–H and O–H groups in total. The van der Waals surface area contributed by atoms with E-state index in [1.165, 1.54) is 11.3 Å². The lowest BCUT2D eigenvalue weighted by atomic mass is 10.2. The summed E-state index contributed by atoms with van der Waals surface area (Å²) in [6.45, 7) is 0.0270. The number of carbonyl (C=O) groups is 2. The van der Waals surface area contributed by atoms with Crippen LogP contribution in [0.5, 0.6) is 0 Å². The molecule has 2 aromatic heterocycles. The largest absolute Gasteiger partial charge is 0.454 e. The highest BCUT2D eigenvalue weighted by Gasteiger charge is 2.28. The molecule has 3 aromatic rings. The van der Waals surface area contributed by atoms with E-state index in [0.29, 0.717) is 28.0 Å². The average molecular weight is 369 g/mol. The van der Waals surface area contributed by atoms with Crippen LogP contribution in [-0.4, -0.2) is 32.1 Å². The number of tetrazole rings is 1. The Morgan fingerprint density at radius 1 is 1.23 bits per heavy atom. The van der Waals surface area contributed by atoms with Gasteiger partial charge in [0.2, 0.25) is 0 Å². The third kappa shape index (κ3) is 3.62. The molecule has 0 bridgehead atoms. The number of nitrogens with zero attached hydrogens (tertiary/aromatic N) is 4. The minimum Gasteiger partial charge on any atom is -0.454 e. The van der Waals surface area contributed by atoms with Gasteiger partial charge in [-0.2, -0.15) is 0 Å².